The molecule has 0 radical (unpaired) electrons. The van der Waals surface area contributed by atoms with E-state index in [1.165, 1.54) is 41.0 Å². The van der Waals surface area contributed by atoms with E-state index in [0.717, 1.165) is 18.6 Å². The van der Waals surface area contributed by atoms with Gasteiger partial charge in [0.2, 0.25) is 0 Å². The molecule has 1 aromatic heterocycles. The van der Waals surface area contributed by atoms with Crippen molar-refractivity contribution in [2.45, 2.75) is 39.0 Å². The lowest BCUT2D eigenvalue weighted by molar-refractivity contribution is -0.119. The number of esters is 1. The molecule has 1 aliphatic carbocycles. The third kappa shape index (κ3) is 4.85. The SMILES string of the molecule is CCOc1ccc(NC(=O)COC(=O)c2cc3c(s2)CCCCC3)cc1. The molecule has 1 N–H and O–H groups in total. The third-order valence-corrected chi connectivity index (χ3v) is 5.45. The summed E-state index contributed by atoms with van der Waals surface area (Å²) in [5, 5.41) is 2.71. The number of fused-ring (bicyclic) bond motifs is 1. The number of hydrogen-bond acceptors (Lipinski definition) is 5. The number of nitrogens with one attached hydrogen (secondary N) is 1. The number of rotatable bonds is 6. The molecule has 3 rings (SSSR count). The second-order valence-corrected chi connectivity index (χ2v) is 7.34. The molecule has 0 aliphatic heterocycles. The van der Waals surface area contributed by atoms with Crippen LogP contribution in [0.4, 0.5) is 5.69 Å². The van der Waals surface area contributed by atoms with Gasteiger partial charge >= 0.3 is 5.97 Å². The Morgan fingerprint density at radius 2 is 1.88 bits per heavy atom. The minimum atomic E-state index is -0.426. The Morgan fingerprint density at radius 3 is 2.65 bits per heavy atom. The monoisotopic (exact) mass is 373 g/mol. The summed E-state index contributed by atoms with van der Waals surface area (Å²) in [5.74, 6) is -0.0417. The van der Waals surface area contributed by atoms with Crippen molar-refractivity contribution in [1.82, 2.24) is 0 Å². The molecule has 1 aliphatic rings. The first kappa shape index (κ1) is 18.5. The van der Waals surface area contributed by atoms with E-state index >= 15 is 0 Å². The first-order valence-electron chi connectivity index (χ1n) is 8.97. The second-order valence-electron chi connectivity index (χ2n) is 6.20. The lowest BCUT2D eigenvalue weighted by Gasteiger charge is -2.07. The zero-order valence-corrected chi connectivity index (χ0v) is 15.7. The van der Waals surface area contributed by atoms with Crippen LogP contribution in [-0.4, -0.2) is 25.1 Å². The quantitative estimate of drug-likeness (QED) is 0.608. The standard InChI is InChI=1S/C20H23NO4S/c1-2-24-16-10-8-15(9-11-16)21-19(22)13-25-20(23)18-12-14-6-4-3-5-7-17(14)26-18/h8-12H,2-7,13H2,1H3,(H,21,22). The number of carbonyl (C=O) groups is 2. The summed E-state index contributed by atoms with van der Waals surface area (Å²) in [6, 6.07) is 8.99. The summed E-state index contributed by atoms with van der Waals surface area (Å²) >= 11 is 1.50. The van der Waals surface area contributed by atoms with Gasteiger partial charge in [-0.2, -0.15) is 0 Å². The van der Waals surface area contributed by atoms with Crippen LogP contribution in [0.5, 0.6) is 5.75 Å². The molecule has 0 unspecified atom stereocenters. The Labute approximate surface area is 157 Å². The Morgan fingerprint density at radius 1 is 1.12 bits per heavy atom. The minimum Gasteiger partial charge on any atom is -0.494 e. The molecule has 1 heterocycles. The van der Waals surface area contributed by atoms with Crippen molar-refractivity contribution < 1.29 is 19.1 Å². The lowest BCUT2D eigenvalue weighted by atomic mass is 10.1. The maximum Gasteiger partial charge on any atom is 0.348 e. The van der Waals surface area contributed by atoms with Gasteiger partial charge in [0.25, 0.3) is 5.91 Å². The van der Waals surface area contributed by atoms with E-state index in [-0.39, 0.29) is 12.5 Å². The number of aryl methyl sites for hydroxylation is 2. The van der Waals surface area contributed by atoms with E-state index in [9.17, 15) is 9.59 Å². The van der Waals surface area contributed by atoms with Crippen molar-refractivity contribution in [2.75, 3.05) is 18.5 Å². The number of ether oxygens (including phenoxy) is 2. The molecule has 0 bridgehead atoms. The van der Waals surface area contributed by atoms with E-state index in [4.69, 9.17) is 9.47 Å². The van der Waals surface area contributed by atoms with Crippen molar-refractivity contribution >= 4 is 28.9 Å². The highest BCUT2D eigenvalue weighted by atomic mass is 32.1. The first-order valence-corrected chi connectivity index (χ1v) is 9.79. The highest BCUT2D eigenvalue weighted by Crippen LogP contribution is 2.29. The molecule has 0 saturated carbocycles. The van der Waals surface area contributed by atoms with Crippen LogP contribution in [0.3, 0.4) is 0 Å². The van der Waals surface area contributed by atoms with Crippen LogP contribution >= 0.6 is 11.3 Å². The maximum atomic E-state index is 12.2. The predicted molar refractivity (Wildman–Crippen MR) is 102 cm³/mol. The molecule has 5 nitrogen and oxygen atoms in total. The van der Waals surface area contributed by atoms with Gasteiger partial charge in [-0.05, 0) is 68.5 Å². The van der Waals surface area contributed by atoms with Gasteiger partial charge in [-0.15, -0.1) is 11.3 Å². The fraction of sp³-hybridized carbons (Fsp3) is 0.400. The second kappa shape index (κ2) is 8.85. The van der Waals surface area contributed by atoms with Crippen molar-refractivity contribution in [3.05, 3.63) is 45.6 Å². The van der Waals surface area contributed by atoms with Crippen LogP contribution < -0.4 is 10.1 Å². The summed E-state index contributed by atoms with van der Waals surface area (Å²) < 4.78 is 10.5. The van der Waals surface area contributed by atoms with Crippen molar-refractivity contribution in [1.29, 1.82) is 0 Å². The van der Waals surface area contributed by atoms with Gasteiger partial charge in [0, 0.05) is 10.6 Å². The van der Waals surface area contributed by atoms with Crippen molar-refractivity contribution in [2.24, 2.45) is 0 Å². The summed E-state index contributed by atoms with van der Waals surface area (Å²) in [4.78, 5) is 26.1. The third-order valence-electron chi connectivity index (χ3n) is 4.23. The molecule has 138 valence electrons. The van der Waals surface area contributed by atoms with E-state index in [1.807, 2.05) is 13.0 Å². The van der Waals surface area contributed by atoms with Crippen molar-refractivity contribution in [3.63, 3.8) is 0 Å². The van der Waals surface area contributed by atoms with Crippen LogP contribution in [0.25, 0.3) is 0 Å². The minimum absolute atomic E-state index is 0.297. The maximum absolute atomic E-state index is 12.2. The fourth-order valence-corrected chi connectivity index (χ4v) is 4.12. The molecular formula is C20H23NO4S. The number of hydrogen-bond donors (Lipinski definition) is 1. The van der Waals surface area contributed by atoms with Crippen LogP contribution in [-0.2, 0) is 22.4 Å². The molecule has 0 fully saturated rings. The van der Waals surface area contributed by atoms with E-state index < -0.39 is 5.97 Å². The summed E-state index contributed by atoms with van der Waals surface area (Å²) in [6.45, 7) is 2.21. The zero-order valence-electron chi connectivity index (χ0n) is 14.9. The van der Waals surface area contributed by atoms with Gasteiger partial charge < -0.3 is 14.8 Å². The average Bonchev–Trinajstić information content (AvgIpc) is 2.92. The van der Waals surface area contributed by atoms with E-state index in [2.05, 4.69) is 5.32 Å². The average molecular weight is 373 g/mol. The zero-order chi connectivity index (χ0) is 18.4. The van der Waals surface area contributed by atoms with Gasteiger partial charge in [-0.3, -0.25) is 4.79 Å². The highest BCUT2D eigenvalue weighted by molar-refractivity contribution is 7.14. The lowest BCUT2D eigenvalue weighted by Crippen LogP contribution is -2.20. The normalized spacial score (nSPS) is 13.4. The Hall–Kier alpha value is -2.34. The van der Waals surface area contributed by atoms with Gasteiger partial charge in [0.05, 0.1) is 6.61 Å². The molecule has 0 saturated heterocycles. The number of thiophene rings is 1. The van der Waals surface area contributed by atoms with Gasteiger partial charge in [0.1, 0.15) is 10.6 Å². The summed E-state index contributed by atoms with van der Waals surface area (Å²) in [6.07, 6.45) is 5.64. The Bertz CT molecular complexity index is 743. The van der Waals surface area contributed by atoms with E-state index in [0.29, 0.717) is 17.2 Å². The van der Waals surface area contributed by atoms with E-state index in [1.54, 1.807) is 24.3 Å². The molecule has 0 spiro atoms. The van der Waals surface area contributed by atoms with Crippen molar-refractivity contribution in [3.8, 4) is 5.75 Å². The largest absolute Gasteiger partial charge is 0.494 e. The molecule has 1 amide bonds. The summed E-state index contributed by atoms with van der Waals surface area (Å²) in [5.41, 5.74) is 1.90. The van der Waals surface area contributed by atoms with Crippen LogP contribution in [0, 0.1) is 0 Å². The molecule has 1 aromatic carbocycles. The summed E-state index contributed by atoms with van der Waals surface area (Å²) in [7, 11) is 0. The van der Waals surface area contributed by atoms with Crippen LogP contribution in [0.1, 0.15) is 46.3 Å². The molecule has 2 aromatic rings. The van der Waals surface area contributed by atoms with Crippen LogP contribution in [0.2, 0.25) is 0 Å². The number of carbonyl (C=O) groups excluding carboxylic acids is 2. The van der Waals surface area contributed by atoms with Gasteiger partial charge in [-0.25, -0.2) is 4.79 Å². The smallest absolute Gasteiger partial charge is 0.348 e. The van der Waals surface area contributed by atoms with Gasteiger partial charge in [-0.1, -0.05) is 6.42 Å². The molecule has 6 heteroatoms. The topological polar surface area (TPSA) is 64.6 Å². The van der Waals surface area contributed by atoms with Crippen LogP contribution in [0.15, 0.2) is 30.3 Å². The number of anilines is 1. The molecule has 0 atom stereocenters. The van der Waals surface area contributed by atoms with Gasteiger partial charge in [0.15, 0.2) is 6.61 Å². The first-order chi connectivity index (χ1) is 12.7. The number of amides is 1. The predicted octanol–water partition coefficient (Wildman–Crippen LogP) is 4.21. The highest BCUT2D eigenvalue weighted by Gasteiger charge is 2.18. The fourth-order valence-electron chi connectivity index (χ4n) is 2.97. The number of benzene rings is 1. The Balaban J connectivity index is 1.50. The molecular weight excluding hydrogens is 350 g/mol. The molecule has 26 heavy (non-hydrogen) atoms. The Kier molecular flexibility index (Phi) is 6.28.